The number of nitrogens with two attached hydrogens (primary N) is 1. The van der Waals surface area contributed by atoms with E-state index in [9.17, 15) is 4.79 Å². The molecule has 1 fully saturated rings. The molecule has 0 radical (unpaired) electrons. The quantitative estimate of drug-likeness (QED) is 0.848. The zero-order chi connectivity index (χ0) is 17.0. The Labute approximate surface area is 145 Å². The van der Waals surface area contributed by atoms with Crippen molar-refractivity contribution < 1.29 is 4.79 Å². The van der Waals surface area contributed by atoms with Gasteiger partial charge in [-0.1, -0.05) is 57.0 Å². The van der Waals surface area contributed by atoms with Gasteiger partial charge < -0.3 is 11.1 Å². The van der Waals surface area contributed by atoms with Gasteiger partial charge in [-0.3, -0.25) is 4.79 Å². The van der Waals surface area contributed by atoms with E-state index in [4.69, 9.17) is 17.3 Å². The molecule has 1 aromatic rings. The third-order valence-corrected chi connectivity index (χ3v) is 5.50. The predicted molar refractivity (Wildman–Crippen MR) is 96.2 cm³/mol. The van der Waals surface area contributed by atoms with Crippen molar-refractivity contribution in [3.05, 3.63) is 34.9 Å². The van der Waals surface area contributed by atoms with Crippen LogP contribution in [0.4, 0.5) is 0 Å². The molecule has 1 unspecified atom stereocenters. The standard InChI is InChI=1S/C19H29ClN2O/c1-12(2)14-9-8-13(3)10-16(14)19(23)22-11-18(21)15-6-4-5-7-17(15)20/h4-7,12-14,16,18H,8-11,21H2,1-3H3,(H,22,23)/t13-,14+,16-,18?/m1/s1. The Bertz CT molecular complexity index is 532. The Morgan fingerprint density at radius 1 is 1.35 bits per heavy atom. The second kappa shape index (κ2) is 8.16. The molecule has 0 saturated heterocycles. The van der Waals surface area contributed by atoms with Crippen molar-refractivity contribution in [2.24, 2.45) is 29.4 Å². The molecule has 4 heteroatoms. The van der Waals surface area contributed by atoms with Crippen LogP contribution in [0.2, 0.25) is 5.02 Å². The van der Waals surface area contributed by atoms with Crippen molar-refractivity contribution in [2.45, 2.75) is 46.1 Å². The van der Waals surface area contributed by atoms with Gasteiger partial charge in [0.2, 0.25) is 5.91 Å². The first kappa shape index (κ1) is 18.3. The minimum Gasteiger partial charge on any atom is -0.354 e. The fourth-order valence-corrected chi connectivity index (χ4v) is 4.01. The maximum Gasteiger partial charge on any atom is 0.223 e. The lowest BCUT2D eigenvalue weighted by Gasteiger charge is -2.36. The highest BCUT2D eigenvalue weighted by Crippen LogP contribution is 2.38. The summed E-state index contributed by atoms with van der Waals surface area (Å²) in [6.45, 7) is 7.11. The fraction of sp³-hybridized carbons (Fsp3) is 0.632. The molecule has 0 bridgehead atoms. The third kappa shape index (κ3) is 4.71. The molecule has 128 valence electrons. The summed E-state index contributed by atoms with van der Waals surface area (Å²) in [4.78, 5) is 12.7. The fourth-order valence-electron chi connectivity index (χ4n) is 3.73. The maximum atomic E-state index is 12.7. The van der Waals surface area contributed by atoms with Crippen molar-refractivity contribution in [1.82, 2.24) is 5.32 Å². The lowest BCUT2D eigenvalue weighted by atomic mass is 9.70. The lowest BCUT2D eigenvalue weighted by Crippen LogP contribution is -2.42. The van der Waals surface area contributed by atoms with Gasteiger partial charge in [0, 0.05) is 23.5 Å². The summed E-state index contributed by atoms with van der Waals surface area (Å²) in [6.07, 6.45) is 3.36. The number of carbonyl (C=O) groups excluding carboxylic acids is 1. The molecule has 1 amide bonds. The Balaban J connectivity index is 1.96. The second-order valence-electron chi connectivity index (χ2n) is 7.31. The van der Waals surface area contributed by atoms with Crippen molar-refractivity contribution in [3.8, 4) is 0 Å². The minimum atomic E-state index is -0.272. The van der Waals surface area contributed by atoms with Crippen LogP contribution in [-0.2, 0) is 4.79 Å². The van der Waals surface area contributed by atoms with Crippen LogP contribution < -0.4 is 11.1 Å². The molecule has 3 N–H and O–H groups in total. The summed E-state index contributed by atoms with van der Waals surface area (Å²) in [5.41, 5.74) is 7.08. The van der Waals surface area contributed by atoms with Gasteiger partial charge in [-0.15, -0.1) is 0 Å². The Morgan fingerprint density at radius 2 is 2.04 bits per heavy atom. The van der Waals surface area contributed by atoms with Crippen LogP contribution in [0.3, 0.4) is 0 Å². The topological polar surface area (TPSA) is 55.1 Å². The first-order chi connectivity index (χ1) is 10.9. The van der Waals surface area contributed by atoms with Gasteiger partial charge in [0.15, 0.2) is 0 Å². The highest BCUT2D eigenvalue weighted by molar-refractivity contribution is 6.31. The molecule has 23 heavy (non-hydrogen) atoms. The Hall–Kier alpha value is -1.06. The van der Waals surface area contributed by atoms with Gasteiger partial charge >= 0.3 is 0 Å². The first-order valence-electron chi connectivity index (χ1n) is 8.67. The molecule has 1 aliphatic carbocycles. The highest BCUT2D eigenvalue weighted by atomic mass is 35.5. The van der Waals surface area contributed by atoms with Gasteiger partial charge in [-0.05, 0) is 42.2 Å². The number of rotatable bonds is 5. The van der Waals surface area contributed by atoms with Gasteiger partial charge in [0.25, 0.3) is 0 Å². The van der Waals surface area contributed by atoms with E-state index in [0.717, 1.165) is 18.4 Å². The zero-order valence-electron chi connectivity index (χ0n) is 14.4. The normalized spacial score (nSPS) is 26.1. The number of hydrogen-bond donors (Lipinski definition) is 2. The number of carbonyl (C=O) groups is 1. The van der Waals surface area contributed by atoms with Crippen LogP contribution in [-0.4, -0.2) is 12.5 Å². The van der Waals surface area contributed by atoms with Crippen LogP contribution in [0.5, 0.6) is 0 Å². The van der Waals surface area contributed by atoms with Crippen molar-refractivity contribution in [3.63, 3.8) is 0 Å². The molecule has 2 rings (SSSR count). The predicted octanol–water partition coefficient (Wildman–Crippen LogP) is 4.16. The van der Waals surface area contributed by atoms with Crippen LogP contribution in [0, 0.1) is 23.7 Å². The molecule has 0 aliphatic heterocycles. The number of benzene rings is 1. The first-order valence-corrected chi connectivity index (χ1v) is 9.05. The van der Waals surface area contributed by atoms with Gasteiger partial charge in [-0.2, -0.15) is 0 Å². The molecule has 1 aliphatic rings. The largest absolute Gasteiger partial charge is 0.354 e. The van der Waals surface area contributed by atoms with E-state index < -0.39 is 0 Å². The molecule has 1 aromatic carbocycles. The van der Waals surface area contributed by atoms with Crippen molar-refractivity contribution >= 4 is 17.5 Å². The average molecular weight is 337 g/mol. The third-order valence-electron chi connectivity index (χ3n) is 5.16. The molecule has 1 saturated carbocycles. The lowest BCUT2D eigenvalue weighted by molar-refractivity contribution is -0.129. The molecular weight excluding hydrogens is 308 g/mol. The van der Waals surface area contributed by atoms with E-state index in [2.05, 4.69) is 26.1 Å². The monoisotopic (exact) mass is 336 g/mol. The number of halogens is 1. The number of hydrogen-bond acceptors (Lipinski definition) is 2. The minimum absolute atomic E-state index is 0.109. The van der Waals surface area contributed by atoms with Crippen molar-refractivity contribution in [2.75, 3.05) is 6.54 Å². The Morgan fingerprint density at radius 3 is 2.70 bits per heavy atom. The van der Waals surface area contributed by atoms with Crippen LogP contribution in [0.1, 0.15) is 51.6 Å². The molecular formula is C19H29ClN2O. The number of nitrogens with one attached hydrogen (secondary N) is 1. The van der Waals surface area contributed by atoms with E-state index in [1.807, 2.05) is 24.3 Å². The average Bonchev–Trinajstić information content (AvgIpc) is 2.52. The highest BCUT2D eigenvalue weighted by Gasteiger charge is 2.35. The summed E-state index contributed by atoms with van der Waals surface area (Å²) in [5.74, 6) is 1.89. The van der Waals surface area contributed by atoms with Gasteiger partial charge in [-0.25, -0.2) is 0 Å². The SMILES string of the molecule is CC(C)[C@@H]1CC[C@@H](C)C[C@H]1C(=O)NCC(N)c1ccccc1Cl. The molecule has 0 heterocycles. The second-order valence-corrected chi connectivity index (χ2v) is 7.71. The summed E-state index contributed by atoms with van der Waals surface area (Å²) >= 11 is 6.17. The van der Waals surface area contributed by atoms with E-state index in [1.54, 1.807) is 0 Å². The molecule has 4 atom stereocenters. The molecule has 0 spiro atoms. The van der Waals surface area contributed by atoms with E-state index >= 15 is 0 Å². The number of amides is 1. The summed E-state index contributed by atoms with van der Waals surface area (Å²) < 4.78 is 0. The summed E-state index contributed by atoms with van der Waals surface area (Å²) in [5, 5.41) is 3.71. The van der Waals surface area contributed by atoms with E-state index in [1.165, 1.54) is 6.42 Å². The van der Waals surface area contributed by atoms with Crippen LogP contribution in [0.25, 0.3) is 0 Å². The Kier molecular flexibility index (Phi) is 6.49. The van der Waals surface area contributed by atoms with Crippen LogP contribution in [0.15, 0.2) is 24.3 Å². The van der Waals surface area contributed by atoms with Crippen molar-refractivity contribution in [1.29, 1.82) is 0 Å². The van der Waals surface area contributed by atoms with Crippen LogP contribution >= 0.6 is 11.6 Å². The van der Waals surface area contributed by atoms with E-state index in [0.29, 0.717) is 29.3 Å². The smallest absolute Gasteiger partial charge is 0.223 e. The maximum absolute atomic E-state index is 12.7. The summed E-state index contributed by atoms with van der Waals surface area (Å²) in [7, 11) is 0. The molecule has 0 aromatic heterocycles. The van der Waals surface area contributed by atoms with E-state index in [-0.39, 0.29) is 17.9 Å². The zero-order valence-corrected chi connectivity index (χ0v) is 15.1. The van der Waals surface area contributed by atoms with Gasteiger partial charge in [0.1, 0.15) is 0 Å². The van der Waals surface area contributed by atoms with Gasteiger partial charge in [0.05, 0.1) is 0 Å². The summed E-state index contributed by atoms with van der Waals surface area (Å²) in [6, 6.07) is 7.27. The molecule has 3 nitrogen and oxygen atoms in total.